The Morgan fingerprint density at radius 2 is 1.47 bits per heavy atom. The first-order chi connectivity index (χ1) is 9.22. The van der Waals surface area contributed by atoms with Crippen molar-refractivity contribution in [3.8, 4) is 0 Å². The third kappa shape index (κ3) is 3.34. The predicted octanol–water partition coefficient (Wildman–Crippen LogP) is 2.49. The van der Waals surface area contributed by atoms with Crippen LogP contribution in [0.4, 0.5) is 0 Å². The van der Waals surface area contributed by atoms with Crippen LogP contribution in [0.15, 0.2) is 24.3 Å². The smallest absolute Gasteiger partial charge is 0.337 e. The lowest BCUT2D eigenvalue weighted by Crippen LogP contribution is -2.31. The topological polar surface area (TPSA) is 46.6 Å². The number of esters is 1. The molecule has 1 amide bonds. The normalized spacial score (nSPS) is 15.7. The average Bonchev–Trinajstić information content (AvgIpc) is 2.75. The summed E-state index contributed by atoms with van der Waals surface area (Å²) >= 11 is 0. The van der Waals surface area contributed by atoms with E-state index in [1.165, 1.54) is 20.0 Å². The van der Waals surface area contributed by atoms with Crippen LogP contribution in [0.5, 0.6) is 0 Å². The van der Waals surface area contributed by atoms with Crippen molar-refractivity contribution in [1.82, 2.24) is 4.90 Å². The zero-order valence-corrected chi connectivity index (χ0v) is 11.2. The van der Waals surface area contributed by atoms with Crippen molar-refractivity contribution in [3.05, 3.63) is 35.4 Å². The van der Waals surface area contributed by atoms with E-state index < -0.39 is 0 Å². The minimum absolute atomic E-state index is 0.0540. The molecule has 2 rings (SSSR count). The van der Waals surface area contributed by atoms with Crippen LogP contribution in [0.25, 0.3) is 0 Å². The number of carbonyl (C=O) groups excluding carboxylic acids is 2. The van der Waals surface area contributed by atoms with Crippen LogP contribution in [0.3, 0.4) is 0 Å². The first-order valence-corrected chi connectivity index (χ1v) is 6.70. The van der Waals surface area contributed by atoms with Crippen LogP contribution in [-0.4, -0.2) is 37.0 Å². The van der Waals surface area contributed by atoms with E-state index in [0.29, 0.717) is 11.1 Å². The highest BCUT2D eigenvalue weighted by Gasteiger charge is 2.17. The number of hydrogen-bond acceptors (Lipinski definition) is 3. The molecule has 1 aromatic carbocycles. The Labute approximate surface area is 113 Å². The van der Waals surface area contributed by atoms with E-state index in [0.717, 1.165) is 25.9 Å². The van der Waals surface area contributed by atoms with Gasteiger partial charge >= 0.3 is 5.97 Å². The van der Waals surface area contributed by atoms with E-state index in [1.807, 2.05) is 4.90 Å². The second-order valence-corrected chi connectivity index (χ2v) is 4.78. The van der Waals surface area contributed by atoms with Crippen molar-refractivity contribution in [2.24, 2.45) is 0 Å². The van der Waals surface area contributed by atoms with Crippen molar-refractivity contribution in [2.75, 3.05) is 20.2 Å². The van der Waals surface area contributed by atoms with Crippen LogP contribution >= 0.6 is 0 Å². The molecule has 4 heteroatoms. The molecule has 1 aliphatic heterocycles. The largest absolute Gasteiger partial charge is 0.465 e. The van der Waals surface area contributed by atoms with Gasteiger partial charge < -0.3 is 9.64 Å². The van der Waals surface area contributed by atoms with Gasteiger partial charge in [0.1, 0.15) is 0 Å². The molecule has 0 atom stereocenters. The van der Waals surface area contributed by atoms with E-state index in [2.05, 4.69) is 4.74 Å². The molecule has 0 saturated carbocycles. The fraction of sp³-hybridized carbons (Fsp3) is 0.467. The predicted molar refractivity (Wildman–Crippen MR) is 72.2 cm³/mol. The summed E-state index contributed by atoms with van der Waals surface area (Å²) in [6, 6.07) is 6.66. The summed E-state index contributed by atoms with van der Waals surface area (Å²) in [7, 11) is 1.35. The third-order valence-electron chi connectivity index (χ3n) is 3.45. The van der Waals surface area contributed by atoms with Crippen molar-refractivity contribution in [3.63, 3.8) is 0 Å². The van der Waals surface area contributed by atoms with Gasteiger partial charge in [0.05, 0.1) is 12.7 Å². The molecule has 0 N–H and O–H groups in total. The summed E-state index contributed by atoms with van der Waals surface area (Å²) in [6.45, 7) is 1.66. The van der Waals surface area contributed by atoms with Gasteiger partial charge in [0.2, 0.25) is 0 Å². The van der Waals surface area contributed by atoms with Crippen LogP contribution < -0.4 is 0 Å². The number of carbonyl (C=O) groups is 2. The van der Waals surface area contributed by atoms with Gasteiger partial charge in [-0.15, -0.1) is 0 Å². The number of rotatable bonds is 2. The van der Waals surface area contributed by atoms with Gasteiger partial charge in [0.15, 0.2) is 0 Å². The molecule has 1 aromatic rings. The van der Waals surface area contributed by atoms with Gasteiger partial charge in [-0.2, -0.15) is 0 Å². The Hall–Kier alpha value is -1.84. The Balaban J connectivity index is 2.08. The lowest BCUT2D eigenvalue weighted by atomic mass is 10.1. The first-order valence-electron chi connectivity index (χ1n) is 6.70. The van der Waals surface area contributed by atoms with Crippen molar-refractivity contribution >= 4 is 11.9 Å². The Bertz CT molecular complexity index is 445. The second-order valence-electron chi connectivity index (χ2n) is 4.78. The lowest BCUT2D eigenvalue weighted by Gasteiger charge is -2.20. The molecule has 0 radical (unpaired) electrons. The van der Waals surface area contributed by atoms with Crippen LogP contribution in [0, 0.1) is 0 Å². The van der Waals surface area contributed by atoms with Crippen LogP contribution in [-0.2, 0) is 4.74 Å². The Kier molecular flexibility index (Phi) is 4.55. The zero-order valence-electron chi connectivity index (χ0n) is 11.2. The Morgan fingerprint density at radius 3 is 2.00 bits per heavy atom. The summed E-state index contributed by atoms with van der Waals surface area (Å²) in [5.74, 6) is -0.327. The minimum Gasteiger partial charge on any atom is -0.465 e. The van der Waals surface area contributed by atoms with Gasteiger partial charge in [-0.3, -0.25) is 4.79 Å². The number of amides is 1. The van der Waals surface area contributed by atoms with E-state index in [-0.39, 0.29) is 11.9 Å². The van der Waals surface area contributed by atoms with Crippen molar-refractivity contribution < 1.29 is 14.3 Å². The molecule has 0 unspecified atom stereocenters. The molecule has 1 heterocycles. The number of methoxy groups -OCH3 is 1. The third-order valence-corrected chi connectivity index (χ3v) is 3.45. The van der Waals surface area contributed by atoms with E-state index >= 15 is 0 Å². The number of nitrogens with zero attached hydrogens (tertiary/aromatic N) is 1. The molecule has 0 aromatic heterocycles. The Morgan fingerprint density at radius 1 is 0.947 bits per heavy atom. The highest BCUT2D eigenvalue weighted by atomic mass is 16.5. The maximum absolute atomic E-state index is 12.3. The molecule has 0 spiro atoms. The summed E-state index contributed by atoms with van der Waals surface area (Å²) in [6.07, 6.45) is 4.55. The maximum Gasteiger partial charge on any atom is 0.337 e. The molecular formula is C15H19NO3. The number of ether oxygens (including phenoxy) is 1. The SMILES string of the molecule is COC(=O)c1ccc(C(=O)N2CCCCCC2)cc1. The van der Waals surface area contributed by atoms with E-state index in [1.54, 1.807) is 24.3 Å². The number of benzene rings is 1. The lowest BCUT2D eigenvalue weighted by molar-refractivity contribution is 0.0599. The monoisotopic (exact) mass is 261 g/mol. The second kappa shape index (κ2) is 6.36. The van der Waals surface area contributed by atoms with Crippen molar-refractivity contribution in [2.45, 2.75) is 25.7 Å². The molecule has 102 valence electrons. The summed E-state index contributed by atoms with van der Waals surface area (Å²) < 4.78 is 4.64. The zero-order chi connectivity index (χ0) is 13.7. The first kappa shape index (κ1) is 13.6. The van der Waals surface area contributed by atoms with Crippen LogP contribution in [0.1, 0.15) is 46.4 Å². The molecule has 0 bridgehead atoms. The summed E-state index contributed by atoms with van der Waals surface area (Å²) in [5, 5.41) is 0. The molecule has 19 heavy (non-hydrogen) atoms. The van der Waals surface area contributed by atoms with Gasteiger partial charge in [-0.05, 0) is 37.1 Å². The quantitative estimate of drug-likeness (QED) is 0.768. The number of hydrogen-bond donors (Lipinski definition) is 0. The molecule has 1 fully saturated rings. The molecular weight excluding hydrogens is 242 g/mol. The van der Waals surface area contributed by atoms with E-state index in [9.17, 15) is 9.59 Å². The maximum atomic E-state index is 12.3. The average molecular weight is 261 g/mol. The van der Waals surface area contributed by atoms with Crippen molar-refractivity contribution in [1.29, 1.82) is 0 Å². The number of likely N-dealkylation sites (tertiary alicyclic amines) is 1. The van der Waals surface area contributed by atoms with Crippen LogP contribution in [0.2, 0.25) is 0 Å². The van der Waals surface area contributed by atoms with E-state index in [4.69, 9.17) is 0 Å². The fourth-order valence-corrected chi connectivity index (χ4v) is 2.32. The summed E-state index contributed by atoms with van der Waals surface area (Å²) in [4.78, 5) is 25.5. The van der Waals surface area contributed by atoms with Gasteiger partial charge in [-0.25, -0.2) is 4.79 Å². The van der Waals surface area contributed by atoms with Gasteiger partial charge in [0, 0.05) is 18.7 Å². The molecule has 1 aliphatic rings. The highest BCUT2D eigenvalue weighted by Crippen LogP contribution is 2.14. The van der Waals surface area contributed by atoms with Gasteiger partial charge in [0.25, 0.3) is 5.91 Å². The summed E-state index contributed by atoms with van der Waals surface area (Å²) in [5.41, 5.74) is 1.10. The fourth-order valence-electron chi connectivity index (χ4n) is 2.32. The highest BCUT2D eigenvalue weighted by molar-refractivity contribution is 5.96. The molecule has 1 saturated heterocycles. The molecule has 0 aliphatic carbocycles. The standard InChI is InChI=1S/C15H19NO3/c1-19-15(18)13-8-6-12(7-9-13)14(17)16-10-4-2-3-5-11-16/h6-9H,2-5,10-11H2,1H3. The minimum atomic E-state index is -0.381. The van der Waals surface area contributed by atoms with Gasteiger partial charge in [-0.1, -0.05) is 12.8 Å². The molecule has 4 nitrogen and oxygen atoms in total.